The van der Waals surface area contributed by atoms with Crippen molar-refractivity contribution in [3.8, 4) is 0 Å². The Hall–Kier alpha value is -0.420. The van der Waals surface area contributed by atoms with E-state index in [0.717, 1.165) is 32.1 Å². The highest BCUT2D eigenvalue weighted by atomic mass is 16.7. The number of aliphatic hydroxyl groups excluding tert-OH is 2. The Balaban J connectivity index is 1.67. The fraction of sp³-hybridized carbons (Fsp3) is 0.913. The summed E-state index contributed by atoms with van der Waals surface area (Å²) in [6.07, 6.45) is 6.52. The van der Waals surface area contributed by atoms with Gasteiger partial charge in [0, 0.05) is 5.41 Å². The van der Waals surface area contributed by atoms with Gasteiger partial charge in [0.2, 0.25) is 0 Å². The molecule has 2 saturated carbocycles. The minimum atomic E-state index is -0.519. The molecule has 1 aliphatic heterocycles. The van der Waals surface area contributed by atoms with Crippen LogP contribution in [0.5, 0.6) is 0 Å². The molecule has 154 valence electrons. The quantitative estimate of drug-likeness (QED) is 0.676. The monoisotopic (exact) mass is 378 g/mol. The smallest absolute Gasteiger partial charge is 0.163 e. The Kier molecular flexibility index (Phi) is 4.45. The number of rotatable bonds is 1. The Morgan fingerprint density at radius 2 is 1.70 bits per heavy atom. The topological polar surface area (TPSA) is 58.9 Å². The van der Waals surface area contributed by atoms with E-state index in [1.54, 1.807) is 0 Å². The van der Waals surface area contributed by atoms with Crippen LogP contribution in [0.15, 0.2) is 11.6 Å². The molecule has 0 radical (unpaired) electrons. The van der Waals surface area contributed by atoms with E-state index in [1.807, 2.05) is 13.8 Å². The fourth-order valence-corrected chi connectivity index (χ4v) is 6.91. The van der Waals surface area contributed by atoms with Crippen LogP contribution in [0.3, 0.4) is 0 Å². The molecule has 3 aliphatic carbocycles. The lowest BCUT2D eigenvalue weighted by atomic mass is 9.44. The van der Waals surface area contributed by atoms with Gasteiger partial charge in [-0.05, 0) is 74.2 Å². The van der Waals surface area contributed by atoms with E-state index in [9.17, 15) is 10.2 Å². The summed E-state index contributed by atoms with van der Waals surface area (Å²) in [5.74, 6) is 0.233. The lowest BCUT2D eigenvalue weighted by Gasteiger charge is -2.62. The van der Waals surface area contributed by atoms with Crippen LogP contribution in [0.2, 0.25) is 0 Å². The van der Waals surface area contributed by atoms with Crippen LogP contribution in [-0.4, -0.2) is 40.9 Å². The van der Waals surface area contributed by atoms with Gasteiger partial charge in [-0.3, -0.25) is 0 Å². The van der Waals surface area contributed by atoms with E-state index in [4.69, 9.17) is 9.47 Å². The highest BCUT2D eigenvalue weighted by molar-refractivity contribution is 5.29. The second kappa shape index (κ2) is 6.04. The first-order chi connectivity index (χ1) is 12.4. The number of hydrogen-bond donors (Lipinski definition) is 2. The molecule has 2 N–H and O–H groups in total. The third kappa shape index (κ3) is 2.94. The molecule has 4 heteroatoms. The van der Waals surface area contributed by atoms with Crippen molar-refractivity contribution in [2.45, 2.75) is 97.7 Å². The van der Waals surface area contributed by atoms with E-state index >= 15 is 0 Å². The van der Waals surface area contributed by atoms with Crippen LogP contribution in [-0.2, 0) is 9.47 Å². The maximum Gasteiger partial charge on any atom is 0.163 e. The van der Waals surface area contributed by atoms with Gasteiger partial charge in [0.05, 0.1) is 24.9 Å². The normalized spacial score (nSPS) is 51.3. The molecule has 0 aromatic rings. The first kappa shape index (κ1) is 19.9. The van der Waals surface area contributed by atoms with Gasteiger partial charge in [0.15, 0.2) is 5.79 Å². The molecule has 27 heavy (non-hydrogen) atoms. The molecular weight excluding hydrogens is 340 g/mol. The fourth-order valence-electron chi connectivity index (χ4n) is 6.91. The second-order valence-electron chi connectivity index (χ2n) is 11.2. The van der Waals surface area contributed by atoms with Crippen molar-refractivity contribution in [3.63, 3.8) is 0 Å². The molecule has 4 aliphatic rings. The SMILES string of the molecule is CC1(C)OCC(C2(C)C=C3C(O)CC4C(C)(C)C(O)CCC4(C)C3CC2)O1. The summed E-state index contributed by atoms with van der Waals surface area (Å²) in [6, 6.07) is 0. The molecule has 0 amide bonds. The maximum atomic E-state index is 11.1. The molecular formula is C23H38O4. The minimum absolute atomic E-state index is 0.0447. The van der Waals surface area contributed by atoms with E-state index in [0.29, 0.717) is 18.4 Å². The van der Waals surface area contributed by atoms with Gasteiger partial charge >= 0.3 is 0 Å². The van der Waals surface area contributed by atoms with E-state index < -0.39 is 11.9 Å². The third-order valence-electron chi connectivity index (χ3n) is 8.76. The molecule has 3 fully saturated rings. The van der Waals surface area contributed by atoms with Crippen molar-refractivity contribution in [3.05, 3.63) is 11.6 Å². The average Bonchev–Trinajstić information content (AvgIpc) is 2.95. The summed E-state index contributed by atoms with van der Waals surface area (Å²) < 4.78 is 12.0. The molecule has 7 unspecified atom stereocenters. The first-order valence-corrected chi connectivity index (χ1v) is 10.8. The lowest BCUT2D eigenvalue weighted by Crippen LogP contribution is -2.58. The zero-order valence-electron chi connectivity index (χ0n) is 17.9. The highest BCUT2D eigenvalue weighted by Gasteiger charge is 2.59. The molecule has 0 spiro atoms. The molecule has 0 aromatic carbocycles. The van der Waals surface area contributed by atoms with Crippen LogP contribution in [0, 0.1) is 28.1 Å². The number of ether oxygens (including phenoxy) is 2. The Morgan fingerprint density at radius 3 is 2.33 bits per heavy atom. The molecule has 4 nitrogen and oxygen atoms in total. The molecule has 7 atom stereocenters. The summed E-state index contributed by atoms with van der Waals surface area (Å²) >= 11 is 0. The Labute approximate surface area is 164 Å². The van der Waals surface area contributed by atoms with Crippen LogP contribution in [0.25, 0.3) is 0 Å². The van der Waals surface area contributed by atoms with Gasteiger partial charge in [0.25, 0.3) is 0 Å². The van der Waals surface area contributed by atoms with Crippen molar-refractivity contribution < 1.29 is 19.7 Å². The Bertz CT molecular complexity index is 638. The predicted octanol–water partition coefficient (Wildman–Crippen LogP) is 4.05. The zero-order valence-corrected chi connectivity index (χ0v) is 17.9. The summed E-state index contributed by atoms with van der Waals surface area (Å²) in [7, 11) is 0. The van der Waals surface area contributed by atoms with Gasteiger partial charge in [-0.2, -0.15) is 0 Å². The molecule has 0 aromatic heterocycles. The molecule has 0 bridgehead atoms. The van der Waals surface area contributed by atoms with Crippen LogP contribution in [0.1, 0.15) is 73.6 Å². The van der Waals surface area contributed by atoms with E-state index in [1.165, 1.54) is 5.57 Å². The summed E-state index contributed by atoms with van der Waals surface area (Å²) in [5.41, 5.74) is 1.14. The van der Waals surface area contributed by atoms with Crippen molar-refractivity contribution in [1.82, 2.24) is 0 Å². The van der Waals surface area contributed by atoms with Gasteiger partial charge in [-0.15, -0.1) is 0 Å². The van der Waals surface area contributed by atoms with Crippen molar-refractivity contribution in [2.75, 3.05) is 6.61 Å². The van der Waals surface area contributed by atoms with Crippen LogP contribution < -0.4 is 0 Å². The van der Waals surface area contributed by atoms with Crippen LogP contribution >= 0.6 is 0 Å². The minimum Gasteiger partial charge on any atom is -0.393 e. The highest BCUT2D eigenvalue weighted by Crippen LogP contribution is 2.64. The Morgan fingerprint density at radius 1 is 1.00 bits per heavy atom. The van der Waals surface area contributed by atoms with Crippen LogP contribution in [0.4, 0.5) is 0 Å². The summed E-state index contributed by atoms with van der Waals surface area (Å²) in [4.78, 5) is 0. The van der Waals surface area contributed by atoms with Gasteiger partial charge in [-0.25, -0.2) is 0 Å². The lowest BCUT2D eigenvalue weighted by molar-refractivity contribution is -0.157. The number of fused-ring (bicyclic) bond motifs is 3. The molecule has 1 heterocycles. The third-order valence-corrected chi connectivity index (χ3v) is 8.76. The van der Waals surface area contributed by atoms with Crippen molar-refractivity contribution in [1.29, 1.82) is 0 Å². The largest absolute Gasteiger partial charge is 0.393 e. The first-order valence-electron chi connectivity index (χ1n) is 10.8. The van der Waals surface area contributed by atoms with Gasteiger partial charge in [0.1, 0.15) is 0 Å². The molecule has 4 rings (SSSR count). The predicted molar refractivity (Wildman–Crippen MR) is 105 cm³/mol. The molecule has 1 saturated heterocycles. The average molecular weight is 379 g/mol. The number of aliphatic hydroxyl groups is 2. The van der Waals surface area contributed by atoms with Gasteiger partial charge in [-0.1, -0.05) is 33.8 Å². The second-order valence-corrected chi connectivity index (χ2v) is 11.2. The number of hydrogen-bond acceptors (Lipinski definition) is 4. The maximum absolute atomic E-state index is 11.1. The van der Waals surface area contributed by atoms with E-state index in [2.05, 4.69) is 33.8 Å². The van der Waals surface area contributed by atoms with Crippen molar-refractivity contribution >= 4 is 0 Å². The van der Waals surface area contributed by atoms with E-state index in [-0.39, 0.29) is 28.5 Å². The van der Waals surface area contributed by atoms with Crippen molar-refractivity contribution in [2.24, 2.45) is 28.1 Å². The summed E-state index contributed by atoms with van der Waals surface area (Å²) in [5, 5.41) is 21.8. The zero-order chi connectivity index (χ0) is 19.8. The van der Waals surface area contributed by atoms with Gasteiger partial charge < -0.3 is 19.7 Å². The summed E-state index contributed by atoms with van der Waals surface area (Å²) in [6.45, 7) is 13.6. The standard InChI is InChI=1S/C23H38O4/c1-20(2)17-11-16(24)14-12-22(5,19-13-26-21(3,4)27-19)9-7-15(14)23(17,6)10-8-18(20)25/h12,15-19,24-25H,7-11,13H2,1-6H3.